The molecule has 0 atom stereocenters. The van der Waals surface area contributed by atoms with Gasteiger partial charge in [-0.1, -0.05) is 35.4 Å². The minimum atomic E-state index is -0.728. The highest BCUT2D eigenvalue weighted by Gasteiger charge is 2.15. The Bertz CT molecular complexity index is 769. The van der Waals surface area contributed by atoms with Gasteiger partial charge in [0.2, 0.25) is 0 Å². The van der Waals surface area contributed by atoms with Crippen molar-refractivity contribution in [1.29, 1.82) is 0 Å². The zero-order valence-electron chi connectivity index (χ0n) is 13.0. The lowest BCUT2D eigenvalue weighted by Gasteiger charge is -2.15. The van der Waals surface area contributed by atoms with Gasteiger partial charge >= 0.3 is 0 Å². The molecule has 0 bridgehead atoms. The molecule has 24 heavy (non-hydrogen) atoms. The molecule has 0 radical (unpaired) electrons. The van der Waals surface area contributed by atoms with Gasteiger partial charge in [-0.05, 0) is 50.2 Å². The van der Waals surface area contributed by atoms with E-state index < -0.39 is 11.7 Å². The topological polar surface area (TPSA) is 54.0 Å². The quantitative estimate of drug-likeness (QED) is 0.887. The van der Waals surface area contributed by atoms with Crippen LogP contribution in [-0.2, 0) is 0 Å². The van der Waals surface area contributed by atoms with E-state index in [1.807, 2.05) is 6.08 Å². The average molecular weight is 346 g/mol. The fourth-order valence-electron chi connectivity index (χ4n) is 2.54. The Morgan fingerprint density at radius 1 is 1.25 bits per heavy atom. The number of nitrogens with one attached hydrogen (secondary N) is 2. The summed E-state index contributed by atoms with van der Waals surface area (Å²) in [4.78, 5) is 16.4. The standard InChI is InChI=1S/C18H17ClFN3O/c19-15-11-14(10-12-6-8-21-9-7-12)22-17(16(15)20)23-18(24)13-4-2-1-3-5-13/h1-5,10-11,21H,6-9H2,(H,22,23,24). The molecular weight excluding hydrogens is 329 g/mol. The predicted octanol–water partition coefficient (Wildman–Crippen LogP) is 3.89. The van der Waals surface area contributed by atoms with Crippen molar-refractivity contribution in [2.45, 2.75) is 12.8 Å². The zero-order valence-corrected chi connectivity index (χ0v) is 13.7. The molecule has 0 unspecified atom stereocenters. The normalized spacial score (nSPS) is 14.3. The van der Waals surface area contributed by atoms with Gasteiger partial charge in [-0.15, -0.1) is 0 Å². The van der Waals surface area contributed by atoms with Crippen molar-refractivity contribution < 1.29 is 9.18 Å². The number of anilines is 1. The van der Waals surface area contributed by atoms with Crippen LogP contribution < -0.4 is 10.6 Å². The molecule has 6 heteroatoms. The number of piperidine rings is 1. The van der Waals surface area contributed by atoms with Gasteiger partial charge in [-0.3, -0.25) is 4.79 Å². The Morgan fingerprint density at radius 2 is 1.96 bits per heavy atom. The van der Waals surface area contributed by atoms with Crippen LogP contribution in [0, 0.1) is 5.82 Å². The Labute approximate surface area is 144 Å². The van der Waals surface area contributed by atoms with E-state index in [4.69, 9.17) is 11.6 Å². The molecular formula is C18H17ClFN3O. The SMILES string of the molecule is O=C(Nc1nc(C=C2CCNCC2)cc(Cl)c1F)c1ccccc1. The fourth-order valence-corrected chi connectivity index (χ4v) is 2.75. The molecule has 1 aromatic carbocycles. The number of hydrogen-bond acceptors (Lipinski definition) is 3. The van der Waals surface area contributed by atoms with Gasteiger partial charge in [0.05, 0.1) is 10.7 Å². The largest absolute Gasteiger partial charge is 0.316 e. The first kappa shape index (κ1) is 16.6. The Hall–Kier alpha value is -2.24. The van der Waals surface area contributed by atoms with Gasteiger partial charge < -0.3 is 10.6 Å². The monoisotopic (exact) mass is 345 g/mol. The molecule has 0 saturated carbocycles. The van der Waals surface area contributed by atoms with Gasteiger partial charge in [0.25, 0.3) is 5.91 Å². The van der Waals surface area contributed by atoms with E-state index in [1.165, 1.54) is 11.6 Å². The summed E-state index contributed by atoms with van der Waals surface area (Å²) >= 11 is 5.96. The molecule has 4 nitrogen and oxygen atoms in total. The number of hydrogen-bond donors (Lipinski definition) is 2. The summed E-state index contributed by atoms with van der Waals surface area (Å²) in [5.41, 5.74) is 2.20. The molecule has 3 rings (SSSR count). The molecule has 1 fully saturated rings. The van der Waals surface area contributed by atoms with Gasteiger partial charge in [0, 0.05) is 5.56 Å². The van der Waals surface area contributed by atoms with E-state index >= 15 is 0 Å². The third-order valence-corrected chi connectivity index (χ3v) is 4.07. The lowest BCUT2D eigenvalue weighted by Crippen LogP contribution is -2.23. The van der Waals surface area contributed by atoms with Crippen LogP contribution in [0.5, 0.6) is 0 Å². The second kappa shape index (κ2) is 7.55. The van der Waals surface area contributed by atoms with E-state index in [2.05, 4.69) is 15.6 Å². The van der Waals surface area contributed by atoms with Crippen molar-refractivity contribution in [3.05, 3.63) is 64.1 Å². The molecule has 1 aromatic heterocycles. The second-order valence-corrected chi connectivity index (χ2v) is 5.97. The van der Waals surface area contributed by atoms with Crippen LogP contribution in [0.4, 0.5) is 10.2 Å². The number of rotatable bonds is 3. The van der Waals surface area contributed by atoms with Crippen molar-refractivity contribution in [3.8, 4) is 0 Å². The maximum Gasteiger partial charge on any atom is 0.256 e. The van der Waals surface area contributed by atoms with E-state index in [-0.39, 0.29) is 10.8 Å². The lowest BCUT2D eigenvalue weighted by atomic mass is 10.0. The maximum atomic E-state index is 14.2. The van der Waals surface area contributed by atoms with Crippen LogP contribution in [0.1, 0.15) is 28.9 Å². The summed E-state index contributed by atoms with van der Waals surface area (Å²) < 4.78 is 14.2. The van der Waals surface area contributed by atoms with Crippen molar-refractivity contribution in [2.24, 2.45) is 0 Å². The van der Waals surface area contributed by atoms with Crippen molar-refractivity contribution in [2.75, 3.05) is 18.4 Å². The molecule has 2 aromatic rings. The van der Waals surface area contributed by atoms with Crippen LogP contribution in [0.25, 0.3) is 6.08 Å². The summed E-state index contributed by atoms with van der Waals surface area (Å²) in [6.07, 6.45) is 3.75. The minimum Gasteiger partial charge on any atom is -0.316 e. The lowest BCUT2D eigenvalue weighted by molar-refractivity contribution is 0.102. The highest BCUT2D eigenvalue weighted by molar-refractivity contribution is 6.31. The van der Waals surface area contributed by atoms with Gasteiger partial charge in [-0.25, -0.2) is 9.37 Å². The molecule has 124 valence electrons. The molecule has 1 saturated heterocycles. The average Bonchev–Trinajstić information content (AvgIpc) is 2.61. The number of benzene rings is 1. The molecule has 2 N–H and O–H groups in total. The smallest absolute Gasteiger partial charge is 0.256 e. The molecule has 2 heterocycles. The summed E-state index contributed by atoms with van der Waals surface area (Å²) in [5.74, 6) is -1.31. The van der Waals surface area contributed by atoms with Crippen LogP contribution >= 0.6 is 11.6 Å². The number of halogens is 2. The third kappa shape index (κ3) is 3.99. The maximum absolute atomic E-state index is 14.2. The van der Waals surface area contributed by atoms with E-state index in [0.29, 0.717) is 11.3 Å². The van der Waals surface area contributed by atoms with Crippen LogP contribution in [0.3, 0.4) is 0 Å². The molecule has 0 spiro atoms. The summed E-state index contributed by atoms with van der Waals surface area (Å²) in [7, 11) is 0. The first-order chi connectivity index (χ1) is 11.6. The second-order valence-electron chi connectivity index (χ2n) is 5.56. The van der Waals surface area contributed by atoms with Crippen LogP contribution in [0.2, 0.25) is 5.02 Å². The summed E-state index contributed by atoms with van der Waals surface area (Å²) in [6.45, 7) is 1.83. The Kier molecular flexibility index (Phi) is 5.23. The highest BCUT2D eigenvalue weighted by atomic mass is 35.5. The fraction of sp³-hybridized carbons (Fsp3) is 0.222. The third-order valence-electron chi connectivity index (χ3n) is 3.80. The minimum absolute atomic E-state index is 0.0610. The van der Waals surface area contributed by atoms with Crippen LogP contribution in [0.15, 0.2) is 42.0 Å². The first-order valence-electron chi connectivity index (χ1n) is 7.76. The van der Waals surface area contributed by atoms with Gasteiger partial charge in [0.15, 0.2) is 11.6 Å². The van der Waals surface area contributed by atoms with E-state index in [0.717, 1.165) is 25.9 Å². The van der Waals surface area contributed by atoms with E-state index in [1.54, 1.807) is 30.3 Å². The van der Waals surface area contributed by atoms with Crippen LogP contribution in [-0.4, -0.2) is 24.0 Å². The number of carbonyl (C=O) groups is 1. The molecule has 1 aliphatic rings. The zero-order chi connectivity index (χ0) is 16.9. The van der Waals surface area contributed by atoms with Crippen molar-refractivity contribution in [1.82, 2.24) is 10.3 Å². The number of carbonyl (C=O) groups excluding carboxylic acids is 1. The molecule has 1 amide bonds. The molecule has 0 aliphatic carbocycles. The summed E-state index contributed by atoms with van der Waals surface area (Å²) in [6, 6.07) is 10.1. The number of nitrogens with zero attached hydrogens (tertiary/aromatic N) is 1. The highest BCUT2D eigenvalue weighted by Crippen LogP contribution is 2.24. The van der Waals surface area contributed by atoms with E-state index in [9.17, 15) is 9.18 Å². The summed E-state index contributed by atoms with van der Waals surface area (Å²) in [5, 5.41) is 5.71. The van der Waals surface area contributed by atoms with Crippen molar-refractivity contribution >= 4 is 29.4 Å². The van der Waals surface area contributed by atoms with Gasteiger partial charge in [0.1, 0.15) is 0 Å². The van der Waals surface area contributed by atoms with Gasteiger partial charge in [-0.2, -0.15) is 0 Å². The number of aromatic nitrogens is 1. The first-order valence-corrected chi connectivity index (χ1v) is 8.14. The number of amides is 1. The Morgan fingerprint density at radius 3 is 2.67 bits per heavy atom. The number of pyridine rings is 1. The van der Waals surface area contributed by atoms with Crippen molar-refractivity contribution in [3.63, 3.8) is 0 Å². The Balaban J connectivity index is 1.86. The predicted molar refractivity (Wildman–Crippen MR) is 93.7 cm³/mol. The molecule has 1 aliphatic heterocycles.